The van der Waals surface area contributed by atoms with E-state index in [1.807, 2.05) is 89.8 Å². The highest BCUT2D eigenvalue weighted by atomic mass is 32.1. The molecule has 0 spiro atoms. The predicted molar refractivity (Wildman–Crippen MR) is 127 cm³/mol. The van der Waals surface area contributed by atoms with Crippen LogP contribution in [0, 0.1) is 0 Å². The van der Waals surface area contributed by atoms with Crippen LogP contribution in [0.4, 0.5) is 27.5 Å². The highest BCUT2D eigenvalue weighted by Crippen LogP contribution is 2.37. The van der Waals surface area contributed by atoms with Crippen molar-refractivity contribution in [3.63, 3.8) is 0 Å². The van der Waals surface area contributed by atoms with Crippen molar-refractivity contribution in [1.29, 1.82) is 0 Å². The fourth-order valence-corrected chi connectivity index (χ4v) is 4.15. The fraction of sp³-hybridized carbons (Fsp3) is 0.0833. The van der Waals surface area contributed by atoms with E-state index in [9.17, 15) is 4.79 Å². The van der Waals surface area contributed by atoms with Crippen LogP contribution in [0.1, 0.15) is 17.4 Å². The van der Waals surface area contributed by atoms with Gasteiger partial charge in [0.1, 0.15) is 6.17 Å². The van der Waals surface area contributed by atoms with E-state index in [1.54, 1.807) is 16.2 Å². The Balaban J connectivity index is 1.35. The molecule has 2 heterocycles. The normalized spacial score (nSPS) is 14.3. The van der Waals surface area contributed by atoms with Crippen molar-refractivity contribution in [3.8, 4) is 0 Å². The minimum atomic E-state index is -0.183. The van der Waals surface area contributed by atoms with Gasteiger partial charge in [-0.1, -0.05) is 48.5 Å². The summed E-state index contributed by atoms with van der Waals surface area (Å²) in [5, 5.41) is 11.9. The second kappa shape index (κ2) is 8.49. The van der Waals surface area contributed by atoms with Gasteiger partial charge < -0.3 is 16.0 Å². The molecule has 1 aliphatic heterocycles. The molecule has 1 aliphatic rings. The quantitative estimate of drug-likeness (QED) is 0.370. The highest BCUT2D eigenvalue weighted by Gasteiger charge is 2.23. The maximum atomic E-state index is 13.2. The number of para-hydroxylation sites is 1. The molecule has 2 amide bonds. The molecule has 0 radical (unpaired) electrons. The Hall–Kier alpha value is -3.84. The average Bonchev–Trinajstić information content (AvgIpc) is 3.48. The number of amides is 2. The van der Waals surface area contributed by atoms with Crippen LogP contribution in [0.5, 0.6) is 0 Å². The van der Waals surface area contributed by atoms with Crippen LogP contribution in [0.2, 0.25) is 0 Å². The standard InChI is InChI=1S/C24H21N5OS/c30-24(29(19-9-5-2-6-10-19)14-17-7-3-1-4-8-17)26-18-11-12-20-21(13-18)28-23(27-20)22-15-31-16-25-22/h1-13,15-16,23,27-28H,14H2,(H,26,30). The molecule has 1 unspecified atom stereocenters. The fourth-order valence-electron chi connectivity index (χ4n) is 3.57. The van der Waals surface area contributed by atoms with Crippen LogP contribution >= 0.6 is 11.3 Å². The summed E-state index contributed by atoms with van der Waals surface area (Å²) in [4.78, 5) is 19.3. The van der Waals surface area contributed by atoms with Crippen molar-refractivity contribution >= 4 is 40.1 Å². The zero-order valence-electron chi connectivity index (χ0n) is 16.7. The van der Waals surface area contributed by atoms with Crippen LogP contribution in [0.3, 0.4) is 0 Å². The van der Waals surface area contributed by atoms with Crippen molar-refractivity contribution in [1.82, 2.24) is 4.98 Å². The Morgan fingerprint density at radius 3 is 2.45 bits per heavy atom. The van der Waals surface area contributed by atoms with Crippen LogP contribution in [-0.2, 0) is 6.54 Å². The molecule has 5 rings (SSSR count). The molecule has 7 heteroatoms. The summed E-state index contributed by atoms with van der Waals surface area (Å²) in [5.74, 6) is 0. The Labute approximate surface area is 184 Å². The Kier molecular flexibility index (Phi) is 5.24. The zero-order valence-corrected chi connectivity index (χ0v) is 17.5. The Morgan fingerprint density at radius 2 is 1.71 bits per heavy atom. The van der Waals surface area contributed by atoms with Gasteiger partial charge in [-0.15, -0.1) is 11.3 Å². The number of rotatable bonds is 5. The topological polar surface area (TPSA) is 69.3 Å². The number of aromatic nitrogens is 1. The number of carbonyl (C=O) groups excluding carboxylic acids is 1. The van der Waals surface area contributed by atoms with Gasteiger partial charge in [-0.3, -0.25) is 4.90 Å². The van der Waals surface area contributed by atoms with Gasteiger partial charge in [0.15, 0.2) is 0 Å². The van der Waals surface area contributed by atoms with Crippen LogP contribution in [-0.4, -0.2) is 11.0 Å². The van der Waals surface area contributed by atoms with Crippen LogP contribution in [0.25, 0.3) is 0 Å². The van der Waals surface area contributed by atoms with Gasteiger partial charge in [-0.05, 0) is 35.9 Å². The zero-order chi connectivity index (χ0) is 21.0. The van der Waals surface area contributed by atoms with Gasteiger partial charge in [0, 0.05) is 16.8 Å². The van der Waals surface area contributed by atoms with Gasteiger partial charge in [0.05, 0.1) is 29.1 Å². The molecule has 1 atom stereocenters. The molecule has 0 bridgehead atoms. The van der Waals surface area contributed by atoms with Crippen molar-refractivity contribution < 1.29 is 4.79 Å². The molecular formula is C24H21N5OS. The number of hydrogen-bond acceptors (Lipinski definition) is 5. The van der Waals surface area contributed by atoms with Gasteiger partial charge in [0.2, 0.25) is 0 Å². The van der Waals surface area contributed by atoms with Crippen molar-refractivity contribution in [2.45, 2.75) is 12.7 Å². The summed E-state index contributed by atoms with van der Waals surface area (Å²) in [6, 6.07) is 25.3. The number of thiazole rings is 1. The average molecular weight is 428 g/mol. The third-order valence-electron chi connectivity index (χ3n) is 5.11. The first-order valence-corrected chi connectivity index (χ1v) is 10.9. The highest BCUT2D eigenvalue weighted by molar-refractivity contribution is 7.07. The lowest BCUT2D eigenvalue weighted by Gasteiger charge is -2.23. The molecule has 4 aromatic rings. The number of urea groups is 1. The van der Waals surface area contributed by atoms with Crippen LogP contribution < -0.4 is 20.9 Å². The van der Waals surface area contributed by atoms with Gasteiger partial charge in [-0.2, -0.15) is 0 Å². The van der Waals surface area contributed by atoms with E-state index in [2.05, 4.69) is 20.9 Å². The molecule has 0 saturated heterocycles. The molecule has 31 heavy (non-hydrogen) atoms. The van der Waals surface area contributed by atoms with E-state index in [-0.39, 0.29) is 12.2 Å². The van der Waals surface area contributed by atoms with Gasteiger partial charge >= 0.3 is 6.03 Å². The Bertz CT molecular complexity index is 1170. The molecule has 0 saturated carbocycles. The minimum absolute atomic E-state index is 0.0638. The number of benzene rings is 3. The number of fused-ring (bicyclic) bond motifs is 1. The summed E-state index contributed by atoms with van der Waals surface area (Å²) in [6.45, 7) is 0.479. The smallest absolute Gasteiger partial charge is 0.326 e. The first-order valence-electron chi connectivity index (χ1n) is 9.99. The Morgan fingerprint density at radius 1 is 0.968 bits per heavy atom. The number of hydrogen-bond donors (Lipinski definition) is 3. The maximum Gasteiger partial charge on any atom is 0.326 e. The maximum absolute atomic E-state index is 13.2. The first-order chi connectivity index (χ1) is 15.3. The lowest BCUT2D eigenvalue weighted by Crippen LogP contribution is -2.34. The molecule has 6 nitrogen and oxygen atoms in total. The van der Waals surface area contributed by atoms with Crippen molar-refractivity contribution in [3.05, 3.63) is 101 Å². The molecule has 0 fully saturated rings. The van der Waals surface area contributed by atoms with Crippen molar-refractivity contribution in [2.75, 3.05) is 20.9 Å². The number of carbonyl (C=O) groups is 1. The van der Waals surface area contributed by atoms with Crippen molar-refractivity contribution in [2.24, 2.45) is 0 Å². The third kappa shape index (κ3) is 4.22. The van der Waals surface area contributed by atoms with E-state index in [0.717, 1.165) is 34.0 Å². The lowest BCUT2D eigenvalue weighted by atomic mass is 10.2. The molecular weight excluding hydrogens is 406 g/mol. The summed E-state index contributed by atoms with van der Waals surface area (Å²) in [7, 11) is 0. The summed E-state index contributed by atoms with van der Waals surface area (Å²) >= 11 is 1.56. The third-order valence-corrected chi connectivity index (χ3v) is 5.72. The largest absolute Gasteiger partial charge is 0.359 e. The number of nitrogens with one attached hydrogen (secondary N) is 3. The second-order valence-electron chi connectivity index (χ2n) is 7.23. The summed E-state index contributed by atoms with van der Waals surface area (Å²) in [5.41, 5.74) is 7.32. The van der Waals surface area contributed by atoms with E-state index in [1.165, 1.54) is 0 Å². The van der Waals surface area contributed by atoms with Gasteiger partial charge in [-0.25, -0.2) is 9.78 Å². The molecule has 3 aromatic carbocycles. The molecule has 0 aliphatic carbocycles. The van der Waals surface area contributed by atoms with E-state index in [4.69, 9.17) is 0 Å². The van der Waals surface area contributed by atoms with E-state index in [0.29, 0.717) is 6.54 Å². The van der Waals surface area contributed by atoms with Gasteiger partial charge in [0.25, 0.3) is 0 Å². The summed E-state index contributed by atoms with van der Waals surface area (Å²) in [6.07, 6.45) is -0.0638. The molecule has 3 N–H and O–H groups in total. The SMILES string of the molecule is O=C(Nc1ccc2c(c1)NC(c1cscn1)N2)N(Cc1ccccc1)c1ccccc1. The number of anilines is 4. The summed E-state index contributed by atoms with van der Waals surface area (Å²) < 4.78 is 0. The monoisotopic (exact) mass is 427 g/mol. The second-order valence-corrected chi connectivity index (χ2v) is 7.95. The lowest BCUT2D eigenvalue weighted by molar-refractivity contribution is 0.256. The number of nitrogens with zero attached hydrogens (tertiary/aromatic N) is 2. The predicted octanol–water partition coefficient (Wildman–Crippen LogP) is 5.92. The molecule has 154 valence electrons. The van der Waals surface area contributed by atoms with E-state index >= 15 is 0 Å². The van der Waals surface area contributed by atoms with Crippen LogP contribution in [0.15, 0.2) is 89.8 Å². The molecule has 1 aromatic heterocycles. The van der Waals surface area contributed by atoms with E-state index < -0.39 is 0 Å². The first kappa shape index (κ1) is 19.1. The minimum Gasteiger partial charge on any atom is -0.359 e.